The van der Waals surface area contributed by atoms with Crippen LogP contribution in [0.25, 0.3) is 0 Å². The Morgan fingerprint density at radius 1 is 0.561 bits per heavy atom. The third-order valence-corrected chi connectivity index (χ3v) is 11.0. The van der Waals surface area contributed by atoms with E-state index in [2.05, 4.69) is 50.3 Å². The SMILES string of the molecule is CC/C=C\C/C=C\C/C=C\CCCCCCCCOCC(COP(=O)(O)OCC(O)CO)OC(=O)CCCCCCCCCCCCCCCCCCCCCC. The third-order valence-electron chi connectivity index (χ3n) is 10.1. The number of phosphoric acid groups is 1. The molecular formula is C47H89O9P. The molecule has 0 bridgehead atoms. The van der Waals surface area contributed by atoms with E-state index >= 15 is 0 Å². The summed E-state index contributed by atoms with van der Waals surface area (Å²) in [5.74, 6) is -0.384. The van der Waals surface area contributed by atoms with Crippen molar-refractivity contribution in [3.63, 3.8) is 0 Å². The molecule has 0 aliphatic heterocycles. The predicted octanol–water partition coefficient (Wildman–Crippen LogP) is 13.2. The summed E-state index contributed by atoms with van der Waals surface area (Å²) in [5, 5.41) is 18.4. The van der Waals surface area contributed by atoms with E-state index in [1.54, 1.807) is 0 Å². The van der Waals surface area contributed by atoms with E-state index in [9.17, 15) is 19.4 Å². The minimum atomic E-state index is -4.52. The van der Waals surface area contributed by atoms with Gasteiger partial charge in [0.1, 0.15) is 12.2 Å². The number of aliphatic hydroxyl groups excluding tert-OH is 2. The van der Waals surface area contributed by atoms with Crippen molar-refractivity contribution in [3.8, 4) is 0 Å². The van der Waals surface area contributed by atoms with E-state index < -0.39 is 33.2 Å². The highest BCUT2D eigenvalue weighted by Crippen LogP contribution is 2.43. The fourth-order valence-corrected chi connectivity index (χ4v) is 7.34. The zero-order valence-electron chi connectivity index (χ0n) is 36.8. The lowest BCUT2D eigenvalue weighted by Crippen LogP contribution is -2.29. The largest absolute Gasteiger partial charge is 0.472 e. The number of hydrogen-bond donors (Lipinski definition) is 3. The molecule has 3 atom stereocenters. The number of ether oxygens (including phenoxy) is 2. The van der Waals surface area contributed by atoms with Crippen LogP contribution in [0.3, 0.4) is 0 Å². The maximum Gasteiger partial charge on any atom is 0.472 e. The highest BCUT2D eigenvalue weighted by atomic mass is 31.2. The summed E-state index contributed by atoms with van der Waals surface area (Å²) < 4.78 is 33.4. The Labute approximate surface area is 350 Å². The number of allylic oxidation sites excluding steroid dienone is 6. The van der Waals surface area contributed by atoms with Crippen LogP contribution in [0.4, 0.5) is 0 Å². The second-order valence-corrected chi connectivity index (χ2v) is 17.2. The van der Waals surface area contributed by atoms with Crippen molar-refractivity contribution in [2.75, 3.05) is 33.0 Å². The zero-order chi connectivity index (χ0) is 41.8. The minimum Gasteiger partial charge on any atom is -0.457 e. The average molecular weight is 829 g/mol. The van der Waals surface area contributed by atoms with Crippen molar-refractivity contribution in [2.45, 2.75) is 225 Å². The third kappa shape index (κ3) is 44.1. The maximum absolute atomic E-state index is 12.6. The Bertz CT molecular complexity index is 986. The molecule has 0 saturated carbocycles. The standard InChI is InChI=1S/C47H89O9P/c1-3-5-7-9-11-13-15-17-19-21-22-23-24-25-27-29-31-33-35-37-39-47(50)56-46(44-55-57(51,52)54-42-45(49)41-48)43-53-40-38-36-34-32-30-28-26-20-18-16-14-12-10-8-6-4-2/h6,8,12,14,18,20,45-46,48-49H,3-5,7,9-11,13,15-17,19,21-44H2,1-2H3,(H,51,52)/b8-6-,14-12-,20-18-. The molecule has 0 aromatic carbocycles. The predicted molar refractivity (Wildman–Crippen MR) is 237 cm³/mol. The first-order valence-corrected chi connectivity index (χ1v) is 25.0. The normalized spacial score (nSPS) is 14.3. The van der Waals surface area contributed by atoms with E-state index in [0.717, 1.165) is 64.2 Å². The molecule has 336 valence electrons. The van der Waals surface area contributed by atoms with Crippen molar-refractivity contribution < 1.29 is 43.0 Å². The van der Waals surface area contributed by atoms with Gasteiger partial charge in [0.25, 0.3) is 0 Å². The van der Waals surface area contributed by atoms with Crippen molar-refractivity contribution in [2.24, 2.45) is 0 Å². The van der Waals surface area contributed by atoms with Gasteiger partial charge in [0, 0.05) is 13.0 Å². The van der Waals surface area contributed by atoms with Crippen LogP contribution in [0.5, 0.6) is 0 Å². The van der Waals surface area contributed by atoms with Crippen LogP contribution in [-0.4, -0.2) is 66.3 Å². The Kier molecular flexibility index (Phi) is 43.2. The van der Waals surface area contributed by atoms with Gasteiger partial charge >= 0.3 is 13.8 Å². The number of carbonyl (C=O) groups excluding carboxylic acids is 1. The number of rotatable bonds is 45. The highest BCUT2D eigenvalue weighted by molar-refractivity contribution is 7.47. The molecule has 0 aromatic heterocycles. The zero-order valence-corrected chi connectivity index (χ0v) is 37.7. The van der Waals surface area contributed by atoms with Gasteiger partial charge in [0.2, 0.25) is 0 Å². The van der Waals surface area contributed by atoms with E-state index in [1.165, 1.54) is 128 Å². The first kappa shape index (κ1) is 55.7. The highest BCUT2D eigenvalue weighted by Gasteiger charge is 2.26. The molecule has 0 radical (unpaired) electrons. The fraction of sp³-hybridized carbons (Fsp3) is 0.851. The van der Waals surface area contributed by atoms with Crippen LogP contribution in [0, 0.1) is 0 Å². The maximum atomic E-state index is 12.6. The average Bonchev–Trinajstić information content (AvgIpc) is 3.20. The van der Waals surface area contributed by atoms with Gasteiger partial charge < -0.3 is 24.6 Å². The summed E-state index contributed by atoms with van der Waals surface area (Å²) in [6.07, 6.45) is 48.2. The van der Waals surface area contributed by atoms with Crippen LogP contribution >= 0.6 is 7.82 Å². The van der Waals surface area contributed by atoms with E-state index in [0.29, 0.717) is 6.61 Å². The van der Waals surface area contributed by atoms with Gasteiger partial charge in [-0.15, -0.1) is 0 Å². The lowest BCUT2D eigenvalue weighted by Gasteiger charge is -2.20. The Balaban J connectivity index is 4.10. The van der Waals surface area contributed by atoms with Crippen LogP contribution < -0.4 is 0 Å². The fourth-order valence-electron chi connectivity index (χ4n) is 6.55. The Morgan fingerprint density at radius 2 is 1.00 bits per heavy atom. The number of phosphoric ester groups is 1. The van der Waals surface area contributed by atoms with Crippen molar-refractivity contribution in [3.05, 3.63) is 36.5 Å². The molecular weight excluding hydrogens is 739 g/mol. The molecule has 0 aliphatic rings. The number of hydrogen-bond acceptors (Lipinski definition) is 8. The molecule has 57 heavy (non-hydrogen) atoms. The van der Waals surface area contributed by atoms with Gasteiger partial charge in [-0.05, 0) is 44.9 Å². The molecule has 0 saturated heterocycles. The first-order chi connectivity index (χ1) is 27.8. The second-order valence-electron chi connectivity index (χ2n) is 15.8. The molecule has 0 fully saturated rings. The monoisotopic (exact) mass is 829 g/mol. The number of unbranched alkanes of at least 4 members (excludes halogenated alkanes) is 25. The lowest BCUT2D eigenvalue weighted by atomic mass is 10.0. The van der Waals surface area contributed by atoms with E-state index in [4.69, 9.17) is 23.6 Å². The molecule has 9 nitrogen and oxygen atoms in total. The summed E-state index contributed by atoms with van der Waals surface area (Å²) in [5.41, 5.74) is 0. The number of carbonyl (C=O) groups is 1. The molecule has 0 spiro atoms. The van der Waals surface area contributed by atoms with Crippen LogP contribution in [0.2, 0.25) is 0 Å². The minimum absolute atomic E-state index is 0.0429. The number of aliphatic hydroxyl groups is 2. The van der Waals surface area contributed by atoms with Gasteiger partial charge in [-0.1, -0.05) is 198 Å². The Hall–Kier alpha value is -1.32. The van der Waals surface area contributed by atoms with Crippen LogP contribution in [0.1, 0.15) is 213 Å². The quantitative estimate of drug-likeness (QED) is 0.0237. The van der Waals surface area contributed by atoms with Gasteiger partial charge in [0.15, 0.2) is 0 Å². The summed E-state index contributed by atoms with van der Waals surface area (Å²) in [6.45, 7) is 3.41. The second kappa shape index (κ2) is 44.2. The molecule has 0 heterocycles. The van der Waals surface area contributed by atoms with Gasteiger partial charge in [-0.3, -0.25) is 13.8 Å². The van der Waals surface area contributed by atoms with Crippen molar-refractivity contribution in [1.82, 2.24) is 0 Å². The van der Waals surface area contributed by atoms with Gasteiger partial charge in [-0.2, -0.15) is 0 Å². The number of esters is 1. The van der Waals surface area contributed by atoms with Crippen LogP contribution in [0.15, 0.2) is 36.5 Å². The molecule has 0 amide bonds. The summed E-state index contributed by atoms with van der Waals surface area (Å²) in [4.78, 5) is 22.6. The molecule has 10 heteroatoms. The van der Waals surface area contributed by atoms with Crippen molar-refractivity contribution >= 4 is 13.8 Å². The van der Waals surface area contributed by atoms with Gasteiger partial charge in [0.05, 0.1) is 26.4 Å². The lowest BCUT2D eigenvalue weighted by molar-refractivity contribution is -0.154. The van der Waals surface area contributed by atoms with Gasteiger partial charge in [-0.25, -0.2) is 4.57 Å². The van der Waals surface area contributed by atoms with Crippen molar-refractivity contribution in [1.29, 1.82) is 0 Å². The molecule has 0 aliphatic carbocycles. The molecule has 3 N–H and O–H groups in total. The first-order valence-electron chi connectivity index (χ1n) is 23.5. The summed E-state index contributed by atoms with van der Waals surface area (Å²) in [6, 6.07) is 0. The topological polar surface area (TPSA) is 132 Å². The summed E-state index contributed by atoms with van der Waals surface area (Å²) in [7, 11) is -4.52. The smallest absolute Gasteiger partial charge is 0.457 e. The summed E-state index contributed by atoms with van der Waals surface area (Å²) >= 11 is 0. The van der Waals surface area contributed by atoms with E-state index in [-0.39, 0.29) is 25.6 Å². The molecule has 0 aromatic rings. The molecule has 3 unspecified atom stereocenters. The van der Waals surface area contributed by atoms with Crippen LogP contribution in [-0.2, 0) is 27.9 Å². The van der Waals surface area contributed by atoms with E-state index in [1.807, 2.05) is 0 Å². The Morgan fingerprint density at radius 3 is 1.51 bits per heavy atom. The molecule has 0 rings (SSSR count).